The van der Waals surface area contributed by atoms with Gasteiger partial charge in [-0.05, 0) is 76.2 Å². The summed E-state index contributed by atoms with van der Waals surface area (Å²) in [4.78, 5) is 12.5. The molecule has 1 unspecified atom stereocenters. The van der Waals surface area contributed by atoms with Crippen LogP contribution in [0.3, 0.4) is 0 Å². The molecule has 1 fully saturated rings. The van der Waals surface area contributed by atoms with E-state index < -0.39 is 5.60 Å². The Balaban J connectivity index is 2.62. The zero-order valence-electron chi connectivity index (χ0n) is 17.1. The summed E-state index contributed by atoms with van der Waals surface area (Å²) in [7, 11) is 0. The van der Waals surface area contributed by atoms with Crippen LogP contribution in [0.4, 0.5) is 0 Å². The molecule has 0 heterocycles. The predicted molar refractivity (Wildman–Crippen MR) is 104 cm³/mol. The van der Waals surface area contributed by atoms with Crippen LogP contribution in [0.5, 0.6) is 0 Å². The molecule has 0 amide bonds. The highest BCUT2D eigenvalue weighted by Crippen LogP contribution is 2.44. The summed E-state index contributed by atoms with van der Waals surface area (Å²) >= 11 is 0. The molecule has 1 saturated carbocycles. The third-order valence-electron chi connectivity index (χ3n) is 5.68. The van der Waals surface area contributed by atoms with Gasteiger partial charge in [-0.25, -0.2) is 0 Å². The van der Waals surface area contributed by atoms with Gasteiger partial charge in [-0.1, -0.05) is 39.0 Å². The zero-order chi connectivity index (χ0) is 19.3. The van der Waals surface area contributed by atoms with Gasteiger partial charge in [-0.2, -0.15) is 0 Å². The van der Waals surface area contributed by atoms with Gasteiger partial charge in [0, 0.05) is 0 Å². The van der Waals surface area contributed by atoms with Gasteiger partial charge in [0.25, 0.3) is 0 Å². The van der Waals surface area contributed by atoms with Crippen molar-refractivity contribution in [2.75, 3.05) is 0 Å². The first-order chi connectivity index (χ1) is 11.5. The average molecular weight is 351 g/mol. The van der Waals surface area contributed by atoms with Crippen LogP contribution < -0.4 is 0 Å². The van der Waals surface area contributed by atoms with E-state index in [1.165, 1.54) is 5.57 Å². The number of carbonyl (C=O) groups is 1. The molecule has 25 heavy (non-hydrogen) atoms. The minimum Gasteiger partial charge on any atom is -0.455 e. The van der Waals surface area contributed by atoms with Crippen molar-refractivity contribution in [2.24, 2.45) is 17.3 Å². The summed E-state index contributed by atoms with van der Waals surface area (Å²) in [5, 5.41) is 10.5. The van der Waals surface area contributed by atoms with Crippen molar-refractivity contribution in [1.29, 1.82) is 0 Å². The molecule has 3 nitrogen and oxygen atoms in total. The standard InChI is InChI=1S/C22H38O3/c1-8-22(7,12-9-10-16(2)3)25-20(24)15-21(6)13-11-18(17(4)5)19(23)14-21/h8,10,17-19,23H,1,9,11-15H2,2-7H3/t18-,19+,21+,22?/m0/s1. The highest BCUT2D eigenvalue weighted by Gasteiger charge is 2.40. The Kier molecular flexibility index (Phi) is 7.92. The number of aliphatic hydroxyl groups is 1. The lowest BCUT2D eigenvalue weighted by atomic mass is 9.66. The lowest BCUT2D eigenvalue weighted by Crippen LogP contribution is -2.40. The normalized spacial score (nSPS) is 29.0. The number of carbonyl (C=O) groups excluding carboxylic acids is 1. The summed E-state index contributed by atoms with van der Waals surface area (Å²) in [5.41, 5.74) is 0.456. The molecule has 0 bridgehead atoms. The van der Waals surface area contributed by atoms with Gasteiger partial charge < -0.3 is 9.84 Å². The highest BCUT2D eigenvalue weighted by molar-refractivity contribution is 5.71. The van der Waals surface area contributed by atoms with Crippen LogP contribution in [-0.4, -0.2) is 22.8 Å². The van der Waals surface area contributed by atoms with E-state index in [-0.39, 0.29) is 17.5 Å². The van der Waals surface area contributed by atoms with Crippen molar-refractivity contribution in [2.45, 2.75) is 91.8 Å². The van der Waals surface area contributed by atoms with Crippen LogP contribution >= 0.6 is 0 Å². The summed E-state index contributed by atoms with van der Waals surface area (Å²) < 4.78 is 5.78. The van der Waals surface area contributed by atoms with E-state index in [1.807, 2.05) is 6.92 Å². The summed E-state index contributed by atoms with van der Waals surface area (Å²) in [5.74, 6) is 0.634. The minimum atomic E-state index is -0.632. The Morgan fingerprint density at radius 3 is 2.56 bits per heavy atom. The number of hydrogen-bond donors (Lipinski definition) is 1. The molecular weight excluding hydrogens is 312 g/mol. The highest BCUT2D eigenvalue weighted by atomic mass is 16.6. The van der Waals surface area contributed by atoms with Crippen LogP contribution in [0.25, 0.3) is 0 Å². The van der Waals surface area contributed by atoms with Gasteiger partial charge in [-0.3, -0.25) is 4.79 Å². The maximum absolute atomic E-state index is 12.5. The second-order valence-electron chi connectivity index (χ2n) is 9.02. The van der Waals surface area contributed by atoms with Crippen molar-refractivity contribution >= 4 is 5.97 Å². The van der Waals surface area contributed by atoms with Crippen molar-refractivity contribution in [3.63, 3.8) is 0 Å². The molecule has 0 aromatic rings. The zero-order valence-corrected chi connectivity index (χ0v) is 17.1. The third-order valence-corrected chi connectivity index (χ3v) is 5.68. The smallest absolute Gasteiger partial charge is 0.307 e. The molecule has 3 heteroatoms. The maximum atomic E-state index is 12.5. The first-order valence-electron chi connectivity index (χ1n) is 9.67. The van der Waals surface area contributed by atoms with Crippen molar-refractivity contribution in [3.05, 3.63) is 24.3 Å². The third kappa shape index (κ3) is 6.97. The van der Waals surface area contributed by atoms with Crippen LogP contribution in [0.1, 0.15) is 80.1 Å². The van der Waals surface area contributed by atoms with Crippen molar-refractivity contribution in [1.82, 2.24) is 0 Å². The van der Waals surface area contributed by atoms with Crippen LogP contribution in [0.15, 0.2) is 24.3 Å². The van der Waals surface area contributed by atoms with Gasteiger partial charge >= 0.3 is 5.97 Å². The molecule has 1 rings (SSSR count). The molecule has 144 valence electrons. The fraction of sp³-hybridized carbons (Fsp3) is 0.773. The minimum absolute atomic E-state index is 0.177. The number of hydrogen-bond acceptors (Lipinski definition) is 3. The number of esters is 1. The Morgan fingerprint density at radius 2 is 2.08 bits per heavy atom. The molecule has 0 radical (unpaired) electrons. The molecule has 0 spiro atoms. The van der Waals surface area contributed by atoms with Crippen LogP contribution in [-0.2, 0) is 9.53 Å². The largest absolute Gasteiger partial charge is 0.455 e. The van der Waals surface area contributed by atoms with E-state index in [2.05, 4.69) is 47.3 Å². The quantitative estimate of drug-likeness (QED) is 0.469. The van der Waals surface area contributed by atoms with Gasteiger partial charge in [0.1, 0.15) is 5.60 Å². The van der Waals surface area contributed by atoms with Gasteiger partial charge in [-0.15, -0.1) is 0 Å². The Hall–Kier alpha value is -1.09. The van der Waals surface area contributed by atoms with Gasteiger partial charge in [0.05, 0.1) is 12.5 Å². The Morgan fingerprint density at radius 1 is 1.44 bits per heavy atom. The number of allylic oxidation sites excluding steroid dienone is 2. The topological polar surface area (TPSA) is 46.5 Å². The van der Waals surface area contributed by atoms with E-state index in [4.69, 9.17) is 4.74 Å². The number of ether oxygens (including phenoxy) is 1. The van der Waals surface area contributed by atoms with E-state index >= 15 is 0 Å². The first kappa shape index (κ1) is 22.0. The SMILES string of the molecule is C=CC(C)(CCC=C(C)C)OC(=O)C[C@]1(C)CC[C@@H](C(C)C)[C@H](O)C1. The molecule has 1 N–H and O–H groups in total. The number of rotatable bonds is 8. The van der Waals surface area contributed by atoms with E-state index in [1.54, 1.807) is 6.08 Å². The van der Waals surface area contributed by atoms with E-state index in [0.29, 0.717) is 24.7 Å². The Labute approximate surface area is 154 Å². The van der Waals surface area contributed by atoms with Gasteiger partial charge in [0.15, 0.2) is 0 Å². The summed E-state index contributed by atoms with van der Waals surface area (Å²) in [6.45, 7) is 16.3. The van der Waals surface area contributed by atoms with Crippen molar-refractivity contribution in [3.8, 4) is 0 Å². The molecule has 4 atom stereocenters. The molecule has 1 aliphatic rings. The van der Waals surface area contributed by atoms with E-state index in [9.17, 15) is 9.90 Å². The average Bonchev–Trinajstić information content (AvgIpc) is 2.45. The molecule has 0 saturated heterocycles. The second-order valence-corrected chi connectivity index (χ2v) is 9.02. The monoisotopic (exact) mass is 350 g/mol. The molecule has 0 aliphatic heterocycles. The molecule has 0 aromatic carbocycles. The molecular formula is C22H38O3. The first-order valence-corrected chi connectivity index (χ1v) is 9.67. The summed E-state index contributed by atoms with van der Waals surface area (Å²) in [6.07, 6.45) is 8.14. The second kappa shape index (κ2) is 9.02. The predicted octanol–water partition coefficient (Wildman–Crippen LogP) is 5.43. The fourth-order valence-electron chi connectivity index (χ4n) is 3.89. The summed E-state index contributed by atoms with van der Waals surface area (Å²) in [6, 6.07) is 0. The lowest BCUT2D eigenvalue weighted by Gasteiger charge is -2.42. The molecule has 0 aromatic heterocycles. The van der Waals surface area contributed by atoms with Crippen LogP contribution in [0, 0.1) is 17.3 Å². The lowest BCUT2D eigenvalue weighted by molar-refractivity contribution is -0.158. The Bertz CT molecular complexity index is 490. The van der Waals surface area contributed by atoms with E-state index in [0.717, 1.165) is 25.7 Å². The van der Waals surface area contributed by atoms with Crippen molar-refractivity contribution < 1.29 is 14.6 Å². The molecule has 1 aliphatic carbocycles. The number of aliphatic hydroxyl groups excluding tert-OH is 1. The van der Waals surface area contributed by atoms with Crippen LogP contribution in [0.2, 0.25) is 0 Å². The van der Waals surface area contributed by atoms with Gasteiger partial charge in [0.2, 0.25) is 0 Å². The maximum Gasteiger partial charge on any atom is 0.307 e. The fourth-order valence-corrected chi connectivity index (χ4v) is 3.89.